The summed E-state index contributed by atoms with van der Waals surface area (Å²) in [6.07, 6.45) is 0. The van der Waals surface area contributed by atoms with E-state index in [4.69, 9.17) is 15.1 Å². The largest absolute Gasteiger partial charge is 0.460 e. The van der Waals surface area contributed by atoms with Crippen molar-refractivity contribution in [1.82, 2.24) is 14.7 Å². The van der Waals surface area contributed by atoms with Gasteiger partial charge in [-0.3, -0.25) is 0 Å². The van der Waals surface area contributed by atoms with Crippen LogP contribution in [0.2, 0.25) is 0 Å². The molecule has 9 heteroatoms. The lowest BCUT2D eigenvalue weighted by molar-refractivity contribution is 0.128. The van der Waals surface area contributed by atoms with Gasteiger partial charge in [-0.1, -0.05) is 35.5 Å². The lowest BCUT2D eigenvalue weighted by Crippen LogP contribution is -2.13. The first kappa shape index (κ1) is 15.9. The Bertz CT molecular complexity index is 897. The number of hydrogen-bond donors (Lipinski definition) is 1. The lowest BCUT2D eigenvalue weighted by atomic mass is 10.1. The molecule has 0 unspecified atom stereocenters. The van der Waals surface area contributed by atoms with Crippen LogP contribution in [-0.4, -0.2) is 20.4 Å². The summed E-state index contributed by atoms with van der Waals surface area (Å²) in [5.41, 5.74) is 7.43. The fourth-order valence-corrected chi connectivity index (χ4v) is 2.60. The molecule has 0 saturated carbocycles. The zero-order valence-corrected chi connectivity index (χ0v) is 13.7. The number of aryl methyl sites for hydroxylation is 1. The number of benzene rings is 1. The van der Waals surface area contributed by atoms with Gasteiger partial charge in [0.25, 0.3) is 0 Å². The average Bonchev–Trinajstić information content (AvgIpc) is 3.17. The molecule has 8 nitrogen and oxygen atoms in total. The molecular weight excluding hydrogens is 330 g/mol. The Labute approximate surface area is 141 Å². The van der Waals surface area contributed by atoms with E-state index in [-0.39, 0.29) is 6.61 Å². The van der Waals surface area contributed by atoms with Gasteiger partial charge < -0.3 is 15.1 Å². The Balaban J connectivity index is 1.93. The van der Waals surface area contributed by atoms with Crippen LogP contribution in [0, 0.1) is 0 Å². The summed E-state index contributed by atoms with van der Waals surface area (Å²) in [6, 6.07) is 9.31. The van der Waals surface area contributed by atoms with Crippen LogP contribution in [0.3, 0.4) is 0 Å². The van der Waals surface area contributed by atoms with E-state index in [9.17, 15) is 4.79 Å². The molecule has 0 aliphatic rings. The number of thiazole rings is 1. The fraction of sp³-hybridized carbons (Fsp3) is 0.200. The van der Waals surface area contributed by atoms with Crippen LogP contribution >= 0.6 is 11.3 Å². The summed E-state index contributed by atoms with van der Waals surface area (Å²) in [5.74, 6) is -0.366. The molecule has 0 aliphatic carbocycles. The smallest absolute Gasteiger partial charge is 0.389 e. The number of anilines is 1. The predicted octanol–water partition coefficient (Wildman–Crippen LogP) is 1.86. The van der Waals surface area contributed by atoms with Crippen LogP contribution in [-0.2, 0) is 18.0 Å². The van der Waals surface area contributed by atoms with E-state index < -0.39 is 5.76 Å². The third kappa shape index (κ3) is 3.51. The van der Waals surface area contributed by atoms with E-state index in [0.29, 0.717) is 28.9 Å². The van der Waals surface area contributed by atoms with Gasteiger partial charge in [0.15, 0.2) is 17.5 Å². The minimum absolute atomic E-state index is 0.165. The molecule has 0 amide bonds. The van der Waals surface area contributed by atoms with Gasteiger partial charge >= 0.3 is 5.76 Å². The van der Waals surface area contributed by atoms with Gasteiger partial charge in [0.1, 0.15) is 0 Å². The van der Waals surface area contributed by atoms with Crippen molar-refractivity contribution in [3.8, 4) is 0 Å². The number of rotatable bonds is 6. The van der Waals surface area contributed by atoms with Crippen LogP contribution in [0.4, 0.5) is 5.13 Å². The maximum atomic E-state index is 11.5. The molecule has 124 valence electrons. The van der Waals surface area contributed by atoms with Crippen molar-refractivity contribution in [2.45, 2.75) is 20.1 Å². The molecule has 1 aromatic carbocycles. The van der Waals surface area contributed by atoms with Crippen LogP contribution in [0.1, 0.15) is 24.0 Å². The molecule has 2 N–H and O–H groups in total. The normalized spacial score (nSPS) is 11.6. The second kappa shape index (κ2) is 7.09. The van der Waals surface area contributed by atoms with E-state index in [1.807, 2.05) is 37.3 Å². The maximum Gasteiger partial charge on any atom is 0.460 e. The summed E-state index contributed by atoms with van der Waals surface area (Å²) in [7, 11) is 0. The van der Waals surface area contributed by atoms with Gasteiger partial charge in [-0.15, -0.1) is 11.3 Å². The second-order valence-electron chi connectivity index (χ2n) is 4.74. The molecule has 0 radical (unpaired) electrons. The van der Waals surface area contributed by atoms with Gasteiger partial charge in [0, 0.05) is 10.9 Å². The molecular formula is C15H15N5O3S. The third-order valence-electron chi connectivity index (χ3n) is 3.11. The number of nitrogens with zero attached hydrogens (tertiary/aromatic N) is 4. The van der Waals surface area contributed by atoms with Crippen molar-refractivity contribution >= 4 is 22.2 Å². The van der Waals surface area contributed by atoms with Gasteiger partial charge in [-0.2, -0.15) is 9.72 Å². The second-order valence-corrected chi connectivity index (χ2v) is 5.63. The molecule has 0 fully saturated rings. The topological polar surface area (TPSA) is 109 Å². The van der Waals surface area contributed by atoms with Crippen LogP contribution in [0.5, 0.6) is 0 Å². The monoisotopic (exact) mass is 345 g/mol. The molecule has 3 rings (SSSR count). The maximum absolute atomic E-state index is 11.5. The van der Waals surface area contributed by atoms with Crippen LogP contribution < -0.4 is 11.5 Å². The molecule has 2 aromatic heterocycles. The molecule has 24 heavy (non-hydrogen) atoms. The standard InChI is InChI=1S/C15H15N5O3S/c1-2-20-13(18-15(21)23-20)12(10-6-4-3-5-7-10)19-22-8-11-9-24-14(16)17-11/h3-7,9H,2,8H2,1H3,(H2,16,17). The fourth-order valence-electron chi connectivity index (χ4n) is 2.06. The molecule has 2 heterocycles. The van der Waals surface area contributed by atoms with Crippen molar-refractivity contribution in [2.24, 2.45) is 5.16 Å². The van der Waals surface area contributed by atoms with Gasteiger partial charge in [0.05, 0.1) is 12.2 Å². The number of aromatic nitrogens is 3. The van der Waals surface area contributed by atoms with Gasteiger partial charge in [-0.05, 0) is 6.92 Å². The molecule has 0 bridgehead atoms. The Hall–Kier alpha value is -2.94. The summed E-state index contributed by atoms with van der Waals surface area (Å²) >= 11 is 1.33. The zero-order valence-electron chi connectivity index (χ0n) is 12.9. The first-order chi connectivity index (χ1) is 11.7. The Morgan fingerprint density at radius 3 is 2.83 bits per heavy atom. The minimum atomic E-state index is -0.678. The van der Waals surface area contributed by atoms with Crippen molar-refractivity contribution in [3.05, 3.63) is 63.3 Å². The van der Waals surface area contributed by atoms with Crippen molar-refractivity contribution in [1.29, 1.82) is 0 Å². The highest BCUT2D eigenvalue weighted by atomic mass is 32.1. The molecule has 0 spiro atoms. The van der Waals surface area contributed by atoms with E-state index >= 15 is 0 Å². The molecule has 3 aromatic rings. The Morgan fingerprint density at radius 2 is 2.17 bits per heavy atom. The number of nitrogens with two attached hydrogens (primary N) is 1. The summed E-state index contributed by atoms with van der Waals surface area (Å²) in [5, 5.41) is 6.42. The number of hydrogen-bond acceptors (Lipinski definition) is 8. The minimum Gasteiger partial charge on any atom is -0.389 e. The van der Waals surface area contributed by atoms with Crippen molar-refractivity contribution < 1.29 is 9.36 Å². The summed E-state index contributed by atoms with van der Waals surface area (Å²) in [4.78, 5) is 24.9. The number of oxime groups is 1. The molecule has 0 aliphatic heterocycles. The SMILES string of the molecule is CCn1oc(=O)nc1C(=NOCc1csc(N)n1)c1ccccc1. The number of nitrogen functional groups attached to an aromatic ring is 1. The highest BCUT2D eigenvalue weighted by molar-refractivity contribution is 7.13. The van der Waals surface area contributed by atoms with E-state index in [1.54, 1.807) is 5.38 Å². The van der Waals surface area contributed by atoms with Gasteiger partial charge in [0.2, 0.25) is 5.82 Å². The predicted molar refractivity (Wildman–Crippen MR) is 89.8 cm³/mol. The third-order valence-corrected chi connectivity index (χ3v) is 3.83. The van der Waals surface area contributed by atoms with E-state index in [2.05, 4.69) is 15.1 Å². The Morgan fingerprint density at radius 1 is 1.38 bits per heavy atom. The summed E-state index contributed by atoms with van der Waals surface area (Å²) < 4.78 is 6.39. The molecule has 0 saturated heterocycles. The van der Waals surface area contributed by atoms with E-state index in [1.165, 1.54) is 16.1 Å². The summed E-state index contributed by atoms with van der Waals surface area (Å²) in [6.45, 7) is 2.45. The van der Waals surface area contributed by atoms with Crippen molar-refractivity contribution in [3.63, 3.8) is 0 Å². The first-order valence-electron chi connectivity index (χ1n) is 7.21. The first-order valence-corrected chi connectivity index (χ1v) is 8.09. The highest BCUT2D eigenvalue weighted by Gasteiger charge is 2.17. The quantitative estimate of drug-likeness (QED) is 0.539. The zero-order chi connectivity index (χ0) is 16.9. The van der Waals surface area contributed by atoms with Crippen molar-refractivity contribution in [2.75, 3.05) is 5.73 Å². The Kier molecular flexibility index (Phi) is 4.71. The lowest BCUT2D eigenvalue weighted by Gasteiger charge is -2.06. The average molecular weight is 345 g/mol. The highest BCUT2D eigenvalue weighted by Crippen LogP contribution is 2.13. The van der Waals surface area contributed by atoms with Gasteiger partial charge in [-0.25, -0.2) is 9.78 Å². The van der Waals surface area contributed by atoms with Crippen LogP contribution in [0.15, 0.2) is 50.2 Å². The van der Waals surface area contributed by atoms with E-state index in [0.717, 1.165) is 5.56 Å². The van der Waals surface area contributed by atoms with Crippen LogP contribution in [0.25, 0.3) is 0 Å². The molecule has 0 atom stereocenters.